The van der Waals surface area contributed by atoms with Crippen LogP contribution in [0.15, 0.2) is 29.4 Å². The van der Waals surface area contributed by atoms with Gasteiger partial charge in [0.15, 0.2) is 11.6 Å². The fraction of sp³-hybridized carbons (Fsp3) is 0.611. The zero-order valence-electron chi connectivity index (χ0n) is 15.0. The molecule has 1 fully saturated rings. The third kappa shape index (κ3) is 3.86. The molecule has 24 heavy (non-hydrogen) atoms. The van der Waals surface area contributed by atoms with Crippen LogP contribution in [0.3, 0.4) is 0 Å². The minimum atomic E-state index is 0.386. The fourth-order valence-corrected chi connectivity index (χ4v) is 3.20. The number of hydrogen-bond donors (Lipinski definition) is 1. The molecule has 2 aromatic rings. The van der Waals surface area contributed by atoms with E-state index in [1.54, 1.807) is 0 Å². The Kier molecular flexibility index (Phi) is 5.02. The maximum absolute atomic E-state index is 4.81. The monoisotopic (exact) mass is 328 g/mol. The number of aryl methyl sites for hydroxylation is 1. The van der Waals surface area contributed by atoms with Crippen LogP contribution in [0.1, 0.15) is 39.4 Å². The van der Waals surface area contributed by atoms with Crippen LogP contribution in [0.25, 0.3) is 5.65 Å². The number of fused-ring (bicyclic) bond motifs is 1. The standard InChI is InChI=1S/C18H28N6/c1-4-19-17(23-13-10-18(2,3)14-23)20-11-7-9-16-22-21-15-8-5-6-12-24(15)16/h5-6,8,12H,4,7,9-11,13-14H2,1-3H3,(H,19,20). The molecule has 0 amide bonds. The first-order chi connectivity index (χ1) is 11.6. The molecule has 3 rings (SSSR count). The summed E-state index contributed by atoms with van der Waals surface area (Å²) in [6, 6.07) is 5.97. The second-order valence-electron chi connectivity index (χ2n) is 7.22. The highest BCUT2D eigenvalue weighted by Gasteiger charge is 2.30. The van der Waals surface area contributed by atoms with Crippen LogP contribution in [0.5, 0.6) is 0 Å². The maximum Gasteiger partial charge on any atom is 0.193 e. The van der Waals surface area contributed by atoms with Crippen LogP contribution in [0.2, 0.25) is 0 Å². The first-order valence-corrected chi connectivity index (χ1v) is 8.91. The normalized spacial score (nSPS) is 17.6. The molecule has 0 atom stereocenters. The molecule has 0 aliphatic carbocycles. The Bertz CT molecular complexity index is 702. The molecule has 0 saturated carbocycles. The lowest BCUT2D eigenvalue weighted by atomic mass is 9.93. The van der Waals surface area contributed by atoms with Crippen LogP contribution < -0.4 is 5.32 Å². The van der Waals surface area contributed by atoms with Gasteiger partial charge in [-0.25, -0.2) is 0 Å². The van der Waals surface area contributed by atoms with Crippen molar-refractivity contribution in [2.24, 2.45) is 10.4 Å². The quantitative estimate of drug-likeness (QED) is 0.520. The highest BCUT2D eigenvalue weighted by Crippen LogP contribution is 2.28. The zero-order valence-corrected chi connectivity index (χ0v) is 15.0. The summed E-state index contributed by atoms with van der Waals surface area (Å²) in [5.41, 5.74) is 1.29. The molecule has 0 unspecified atom stereocenters. The fourth-order valence-electron chi connectivity index (χ4n) is 3.20. The van der Waals surface area contributed by atoms with Gasteiger partial charge in [0, 0.05) is 38.8 Å². The number of pyridine rings is 1. The summed E-state index contributed by atoms with van der Waals surface area (Å²) in [5.74, 6) is 2.06. The Morgan fingerprint density at radius 1 is 1.33 bits per heavy atom. The largest absolute Gasteiger partial charge is 0.357 e. The van der Waals surface area contributed by atoms with Gasteiger partial charge in [-0.2, -0.15) is 0 Å². The van der Waals surface area contributed by atoms with Gasteiger partial charge in [-0.1, -0.05) is 19.9 Å². The summed E-state index contributed by atoms with van der Waals surface area (Å²) in [6.07, 6.45) is 5.11. The van der Waals surface area contributed by atoms with E-state index in [0.717, 1.165) is 56.5 Å². The van der Waals surface area contributed by atoms with E-state index in [0.29, 0.717) is 5.41 Å². The number of guanidine groups is 1. The Morgan fingerprint density at radius 2 is 2.21 bits per heavy atom. The van der Waals surface area contributed by atoms with Gasteiger partial charge < -0.3 is 10.2 Å². The van der Waals surface area contributed by atoms with E-state index >= 15 is 0 Å². The minimum absolute atomic E-state index is 0.386. The van der Waals surface area contributed by atoms with Gasteiger partial charge in [0.05, 0.1) is 0 Å². The summed E-state index contributed by atoms with van der Waals surface area (Å²) < 4.78 is 2.05. The summed E-state index contributed by atoms with van der Waals surface area (Å²) >= 11 is 0. The summed E-state index contributed by atoms with van der Waals surface area (Å²) in [4.78, 5) is 7.20. The van der Waals surface area contributed by atoms with Crippen LogP contribution in [0.4, 0.5) is 0 Å². The van der Waals surface area contributed by atoms with E-state index in [2.05, 4.69) is 45.6 Å². The lowest BCUT2D eigenvalue weighted by Gasteiger charge is -2.23. The number of nitrogens with one attached hydrogen (secondary N) is 1. The second kappa shape index (κ2) is 7.20. The van der Waals surface area contributed by atoms with Crippen LogP contribution >= 0.6 is 0 Å². The number of nitrogens with zero attached hydrogens (tertiary/aromatic N) is 5. The molecular formula is C18H28N6. The highest BCUT2D eigenvalue weighted by atomic mass is 15.3. The van der Waals surface area contributed by atoms with Gasteiger partial charge in [-0.05, 0) is 37.3 Å². The average Bonchev–Trinajstić information content (AvgIpc) is 3.14. The van der Waals surface area contributed by atoms with E-state index in [1.165, 1.54) is 6.42 Å². The van der Waals surface area contributed by atoms with Crippen molar-refractivity contribution in [3.8, 4) is 0 Å². The van der Waals surface area contributed by atoms with Crippen molar-refractivity contribution >= 4 is 11.6 Å². The molecule has 130 valence electrons. The average molecular weight is 328 g/mol. The first-order valence-electron chi connectivity index (χ1n) is 8.91. The van der Waals surface area contributed by atoms with Gasteiger partial charge in [0.2, 0.25) is 0 Å². The lowest BCUT2D eigenvalue weighted by Crippen LogP contribution is -2.40. The molecule has 1 aliphatic heterocycles. The molecule has 0 spiro atoms. The van der Waals surface area contributed by atoms with Crippen molar-refractivity contribution in [2.75, 3.05) is 26.2 Å². The SMILES string of the molecule is CCNC(=NCCCc1nnc2ccccn12)N1CCC(C)(C)C1. The molecule has 1 aliphatic rings. The number of rotatable bonds is 5. The smallest absolute Gasteiger partial charge is 0.193 e. The van der Waals surface area contributed by atoms with Gasteiger partial charge in [-0.15, -0.1) is 10.2 Å². The van der Waals surface area contributed by atoms with Crippen LogP contribution in [-0.2, 0) is 6.42 Å². The topological polar surface area (TPSA) is 57.8 Å². The van der Waals surface area contributed by atoms with E-state index in [9.17, 15) is 0 Å². The Labute approximate surface area is 144 Å². The number of hydrogen-bond acceptors (Lipinski definition) is 3. The zero-order chi connectivity index (χ0) is 17.0. The molecule has 6 heteroatoms. The molecule has 2 aromatic heterocycles. The molecule has 6 nitrogen and oxygen atoms in total. The van der Waals surface area contributed by atoms with Crippen molar-refractivity contribution in [3.05, 3.63) is 30.2 Å². The third-order valence-corrected chi connectivity index (χ3v) is 4.52. The number of aliphatic imine (C=N–C) groups is 1. The number of aromatic nitrogens is 3. The van der Waals surface area contributed by atoms with Crippen molar-refractivity contribution in [2.45, 2.75) is 40.0 Å². The number of likely N-dealkylation sites (tertiary alicyclic amines) is 1. The third-order valence-electron chi connectivity index (χ3n) is 4.52. The molecule has 1 saturated heterocycles. The van der Waals surface area contributed by atoms with Gasteiger partial charge in [0.1, 0.15) is 5.82 Å². The molecular weight excluding hydrogens is 300 g/mol. The predicted octanol–water partition coefficient (Wildman–Crippen LogP) is 2.36. The minimum Gasteiger partial charge on any atom is -0.357 e. The molecule has 3 heterocycles. The van der Waals surface area contributed by atoms with E-state index in [1.807, 2.05) is 24.4 Å². The van der Waals surface area contributed by atoms with Gasteiger partial charge in [-0.3, -0.25) is 9.39 Å². The Balaban J connectivity index is 1.57. The van der Waals surface area contributed by atoms with E-state index in [-0.39, 0.29) is 0 Å². The molecule has 1 N–H and O–H groups in total. The summed E-state index contributed by atoms with van der Waals surface area (Å²) in [5, 5.41) is 11.9. The predicted molar refractivity (Wildman–Crippen MR) is 97.3 cm³/mol. The van der Waals surface area contributed by atoms with Gasteiger partial charge >= 0.3 is 0 Å². The summed E-state index contributed by atoms with van der Waals surface area (Å²) in [7, 11) is 0. The first kappa shape index (κ1) is 16.7. The second-order valence-corrected chi connectivity index (χ2v) is 7.22. The Morgan fingerprint density at radius 3 is 2.96 bits per heavy atom. The Hall–Kier alpha value is -2.11. The maximum atomic E-state index is 4.81. The lowest BCUT2D eigenvalue weighted by molar-refractivity contribution is 0.370. The van der Waals surface area contributed by atoms with Crippen molar-refractivity contribution in [1.82, 2.24) is 24.8 Å². The molecule has 0 aromatic carbocycles. The summed E-state index contributed by atoms with van der Waals surface area (Å²) in [6.45, 7) is 10.7. The molecule has 0 radical (unpaired) electrons. The van der Waals surface area contributed by atoms with Crippen molar-refractivity contribution < 1.29 is 0 Å². The van der Waals surface area contributed by atoms with Crippen molar-refractivity contribution in [3.63, 3.8) is 0 Å². The van der Waals surface area contributed by atoms with E-state index in [4.69, 9.17) is 4.99 Å². The van der Waals surface area contributed by atoms with Crippen molar-refractivity contribution in [1.29, 1.82) is 0 Å². The van der Waals surface area contributed by atoms with Crippen LogP contribution in [-0.4, -0.2) is 51.6 Å². The highest BCUT2D eigenvalue weighted by molar-refractivity contribution is 5.80. The van der Waals surface area contributed by atoms with Crippen LogP contribution in [0, 0.1) is 5.41 Å². The van der Waals surface area contributed by atoms with E-state index < -0.39 is 0 Å². The molecule has 0 bridgehead atoms. The van der Waals surface area contributed by atoms with Gasteiger partial charge in [0.25, 0.3) is 0 Å².